The molecule has 5 heteroatoms. The molecule has 1 unspecified atom stereocenters. The van der Waals surface area contributed by atoms with E-state index in [-0.39, 0.29) is 11.1 Å². The van der Waals surface area contributed by atoms with Crippen molar-refractivity contribution >= 4 is 27.5 Å². The molecule has 1 aliphatic carbocycles. The van der Waals surface area contributed by atoms with Crippen LogP contribution in [0, 0.1) is 5.82 Å². The van der Waals surface area contributed by atoms with E-state index in [0.29, 0.717) is 16.3 Å². The third kappa shape index (κ3) is 4.33. The van der Waals surface area contributed by atoms with E-state index in [1.807, 2.05) is 6.92 Å². The molecule has 1 N–H and O–H groups in total. The fourth-order valence-corrected chi connectivity index (χ4v) is 3.05. The molecule has 0 heterocycles. The van der Waals surface area contributed by atoms with E-state index in [9.17, 15) is 4.39 Å². The SMILES string of the molecule is CC(CNC1CCCC1)Oc1cc(F)c(Cl)cc1Br. The maximum atomic E-state index is 13.4. The van der Waals surface area contributed by atoms with Crippen molar-refractivity contribution in [3.63, 3.8) is 0 Å². The van der Waals surface area contributed by atoms with E-state index in [4.69, 9.17) is 16.3 Å². The summed E-state index contributed by atoms with van der Waals surface area (Å²) in [5.74, 6) is 0.0263. The Hall–Kier alpha value is -0.320. The van der Waals surface area contributed by atoms with Gasteiger partial charge < -0.3 is 10.1 Å². The standard InChI is InChI=1S/C14H18BrClFNO/c1-9(8-18-10-4-2-3-5-10)19-14-7-13(17)12(16)6-11(14)15/h6-7,9-10,18H,2-5,8H2,1H3. The van der Waals surface area contributed by atoms with Gasteiger partial charge in [0, 0.05) is 18.7 Å². The quantitative estimate of drug-likeness (QED) is 0.787. The van der Waals surface area contributed by atoms with Crippen LogP contribution in [0.1, 0.15) is 32.6 Å². The number of halogens is 3. The molecule has 0 radical (unpaired) electrons. The monoisotopic (exact) mass is 349 g/mol. The zero-order valence-electron chi connectivity index (χ0n) is 10.9. The average molecular weight is 351 g/mol. The van der Waals surface area contributed by atoms with Gasteiger partial charge in [-0.2, -0.15) is 0 Å². The highest BCUT2D eigenvalue weighted by atomic mass is 79.9. The zero-order chi connectivity index (χ0) is 13.8. The summed E-state index contributed by atoms with van der Waals surface area (Å²) in [5, 5.41) is 3.58. The zero-order valence-corrected chi connectivity index (χ0v) is 13.2. The lowest BCUT2D eigenvalue weighted by Crippen LogP contribution is -2.35. The van der Waals surface area contributed by atoms with Gasteiger partial charge in [-0.15, -0.1) is 0 Å². The highest BCUT2D eigenvalue weighted by molar-refractivity contribution is 9.10. The Bertz CT molecular complexity index is 438. The molecule has 2 rings (SSSR count). The lowest BCUT2D eigenvalue weighted by molar-refractivity contribution is 0.209. The molecular weight excluding hydrogens is 333 g/mol. The Kier molecular flexibility index (Phi) is 5.48. The summed E-state index contributed by atoms with van der Waals surface area (Å²) in [6, 6.07) is 3.44. The first-order valence-corrected chi connectivity index (χ1v) is 7.78. The van der Waals surface area contributed by atoms with Crippen molar-refractivity contribution in [2.75, 3.05) is 6.54 Å². The minimum atomic E-state index is -0.462. The second-order valence-corrected chi connectivity index (χ2v) is 6.28. The van der Waals surface area contributed by atoms with Crippen molar-refractivity contribution in [1.29, 1.82) is 0 Å². The predicted octanol–water partition coefficient (Wildman–Crippen LogP) is 4.54. The molecule has 1 saturated carbocycles. The van der Waals surface area contributed by atoms with E-state index < -0.39 is 5.82 Å². The number of hydrogen-bond acceptors (Lipinski definition) is 2. The number of rotatable bonds is 5. The summed E-state index contributed by atoms with van der Waals surface area (Å²) in [6.07, 6.45) is 5.08. The Morgan fingerprint density at radius 1 is 1.47 bits per heavy atom. The number of benzene rings is 1. The van der Waals surface area contributed by atoms with Crippen LogP contribution in [0.25, 0.3) is 0 Å². The largest absolute Gasteiger partial charge is 0.488 e. The second-order valence-electron chi connectivity index (χ2n) is 5.01. The molecule has 1 fully saturated rings. The summed E-state index contributed by atoms with van der Waals surface area (Å²) < 4.78 is 19.8. The van der Waals surface area contributed by atoms with Gasteiger partial charge in [-0.3, -0.25) is 0 Å². The third-order valence-electron chi connectivity index (χ3n) is 3.35. The molecular formula is C14H18BrClFNO. The first-order valence-electron chi connectivity index (χ1n) is 6.61. The lowest BCUT2D eigenvalue weighted by Gasteiger charge is -2.19. The molecule has 1 atom stereocenters. The maximum Gasteiger partial charge on any atom is 0.145 e. The van der Waals surface area contributed by atoms with Gasteiger partial charge in [0.1, 0.15) is 17.7 Å². The fourth-order valence-electron chi connectivity index (χ4n) is 2.32. The van der Waals surface area contributed by atoms with Crippen LogP contribution in [0.2, 0.25) is 5.02 Å². The summed E-state index contributed by atoms with van der Waals surface area (Å²) >= 11 is 9.03. The third-order valence-corrected chi connectivity index (χ3v) is 4.26. The van der Waals surface area contributed by atoms with Gasteiger partial charge >= 0.3 is 0 Å². The highest BCUT2D eigenvalue weighted by Gasteiger charge is 2.16. The second kappa shape index (κ2) is 6.91. The van der Waals surface area contributed by atoms with Crippen LogP contribution >= 0.6 is 27.5 Å². The maximum absolute atomic E-state index is 13.4. The van der Waals surface area contributed by atoms with E-state index in [1.54, 1.807) is 0 Å². The molecule has 1 aromatic carbocycles. The van der Waals surface area contributed by atoms with Crippen molar-refractivity contribution < 1.29 is 9.13 Å². The average Bonchev–Trinajstić information content (AvgIpc) is 2.86. The van der Waals surface area contributed by atoms with Gasteiger partial charge in [0.15, 0.2) is 0 Å². The minimum absolute atomic E-state index is 0.0162. The molecule has 0 bridgehead atoms. The normalized spacial score (nSPS) is 17.7. The van der Waals surface area contributed by atoms with Gasteiger partial charge in [-0.25, -0.2) is 4.39 Å². The molecule has 0 amide bonds. The first-order chi connectivity index (χ1) is 9.06. The van der Waals surface area contributed by atoms with Gasteiger partial charge in [0.25, 0.3) is 0 Å². The van der Waals surface area contributed by atoms with Crippen LogP contribution in [0.4, 0.5) is 4.39 Å². The number of hydrogen-bond donors (Lipinski definition) is 1. The Morgan fingerprint density at radius 2 is 2.16 bits per heavy atom. The predicted molar refractivity (Wildman–Crippen MR) is 79.5 cm³/mol. The summed E-state index contributed by atoms with van der Waals surface area (Å²) in [5.41, 5.74) is 0. The van der Waals surface area contributed by atoms with Crippen molar-refractivity contribution in [3.05, 3.63) is 27.4 Å². The molecule has 1 aromatic rings. The molecule has 0 aliphatic heterocycles. The Balaban J connectivity index is 1.87. The smallest absolute Gasteiger partial charge is 0.145 e. The molecule has 2 nitrogen and oxygen atoms in total. The molecule has 106 valence electrons. The van der Waals surface area contributed by atoms with Crippen LogP contribution in [0.15, 0.2) is 16.6 Å². The molecule has 0 spiro atoms. The number of nitrogens with one attached hydrogen (secondary N) is 1. The minimum Gasteiger partial charge on any atom is -0.488 e. The van der Waals surface area contributed by atoms with Crippen LogP contribution in [-0.4, -0.2) is 18.7 Å². The van der Waals surface area contributed by atoms with Gasteiger partial charge in [0.2, 0.25) is 0 Å². The van der Waals surface area contributed by atoms with E-state index in [1.165, 1.54) is 37.8 Å². The molecule has 1 aliphatic rings. The van der Waals surface area contributed by atoms with Crippen molar-refractivity contribution in [2.45, 2.75) is 44.8 Å². The van der Waals surface area contributed by atoms with Crippen LogP contribution in [0.5, 0.6) is 5.75 Å². The van der Waals surface area contributed by atoms with Gasteiger partial charge in [-0.1, -0.05) is 24.4 Å². The summed E-state index contributed by atoms with van der Waals surface area (Å²) in [7, 11) is 0. The van der Waals surface area contributed by atoms with E-state index in [2.05, 4.69) is 21.2 Å². The Labute approximate surface area is 126 Å². The molecule has 0 aromatic heterocycles. The lowest BCUT2D eigenvalue weighted by atomic mass is 10.2. The van der Waals surface area contributed by atoms with Crippen LogP contribution in [-0.2, 0) is 0 Å². The van der Waals surface area contributed by atoms with Crippen molar-refractivity contribution in [1.82, 2.24) is 5.32 Å². The molecule has 19 heavy (non-hydrogen) atoms. The fraction of sp³-hybridized carbons (Fsp3) is 0.571. The summed E-state index contributed by atoms with van der Waals surface area (Å²) in [6.45, 7) is 2.74. The van der Waals surface area contributed by atoms with Gasteiger partial charge in [-0.05, 0) is 41.8 Å². The van der Waals surface area contributed by atoms with Crippen LogP contribution < -0.4 is 10.1 Å². The topological polar surface area (TPSA) is 21.3 Å². The Morgan fingerprint density at radius 3 is 2.84 bits per heavy atom. The van der Waals surface area contributed by atoms with Crippen molar-refractivity contribution in [3.8, 4) is 5.75 Å². The number of ether oxygens (including phenoxy) is 1. The van der Waals surface area contributed by atoms with Gasteiger partial charge in [0.05, 0.1) is 9.50 Å². The van der Waals surface area contributed by atoms with Crippen molar-refractivity contribution in [2.24, 2.45) is 0 Å². The van der Waals surface area contributed by atoms with E-state index in [0.717, 1.165) is 6.54 Å². The van der Waals surface area contributed by atoms with E-state index >= 15 is 0 Å². The highest BCUT2D eigenvalue weighted by Crippen LogP contribution is 2.31. The summed E-state index contributed by atoms with van der Waals surface area (Å²) in [4.78, 5) is 0. The first kappa shape index (κ1) is 15.1. The van der Waals surface area contributed by atoms with Crippen LogP contribution in [0.3, 0.4) is 0 Å². The molecule has 0 saturated heterocycles.